The summed E-state index contributed by atoms with van der Waals surface area (Å²) in [5, 5.41) is 23.4. The van der Waals surface area contributed by atoms with E-state index in [9.17, 15) is 29.1 Å². The molecule has 12 heteroatoms. The van der Waals surface area contributed by atoms with Gasteiger partial charge in [-0.3, -0.25) is 19.2 Å². The Labute approximate surface area is 248 Å². The lowest BCUT2D eigenvalue weighted by Gasteiger charge is -2.59. The third-order valence-corrected chi connectivity index (χ3v) is 9.37. The number of carboxylic acids is 1. The lowest BCUT2D eigenvalue weighted by molar-refractivity contribution is -0.165. The third kappa shape index (κ3) is 5.05. The van der Waals surface area contributed by atoms with Crippen molar-refractivity contribution < 1.29 is 53.1 Å². The Kier molecular flexibility index (Phi) is 8.02. The van der Waals surface area contributed by atoms with Gasteiger partial charge in [-0.05, 0) is 70.1 Å². The van der Waals surface area contributed by atoms with Crippen LogP contribution in [0.25, 0.3) is 0 Å². The number of ether oxygens (including phenoxy) is 4. The maximum Gasteiger partial charge on any atom is 0.325 e. The number of aliphatic carboxylic acids is 1. The van der Waals surface area contributed by atoms with Crippen LogP contribution in [0.3, 0.4) is 0 Å². The predicted molar refractivity (Wildman–Crippen MR) is 148 cm³/mol. The number of amides is 1. The number of carboxylic acid groups (broad SMARTS) is 1. The molecular weight excluding hydrogens is 562 g/mol. The second-order valence-electron chi connectivity index (χ2n) is 12.1. The van der Waals surface area contributed by atoms with Gasteiger partial charge in [-0.15, -0.1) is 0 Å². The molecule has 1 aromatic carbocycles. The normalized spacial score (nSPS) is 28.2. The van der Waals surface area contributed by atoms with Crippen LogP contribution in [0.4, 0.5) is 0 Å². The number of methoxy groups -OCH3 is 1. The number of Topliss-reactive ketones (excluding diaryl/α,β-unsaturated/α-hetero) is 1. The number of hydrogen-bond acceptors (Lipinski definition) is 10. The van der Waals surface area contributed by atoms with E-state index in [4.69, 9.17) is 24.1 Å². The summed E-state index contributed by atoms with van der Waals surface area (Å²) in [6.07, 6.45) is 2.03. The summed E-state index contributed by atoms with van der Waals surface area (Å²) < 4.78 is 23.1. The third-order valence-electron chi connectivity index (χ3n) is 9.37. The molecule has 4 aliphatic rings. The molecule has 0 saturated heterocycles. The van der Waals surface area contributed by atoms with Crippen LogP contribution in [0.1, 0.15) is 70.4 Å². The maximum absolute atomic E-state index is 13.3. The second kappa shape index (κ2) is 11.3. The summed E-state index contributed by atoms with van der Waals surface area (Å²) in [5.74, 6) is -4.18. The average Bonchev–Trinajstić information content (AvgIpc) is 3.28. The Balaban J connectivity index is 1.34. The molecule has 0 aromatic heterocycles. The quantitative estimate of drug-likeness (QED) is 0.318. The van der Waals surface area contributed by atoms with Crippen LogP contribution in [-0.4, -0.2) is 70.8 Å². The molecular formula is C31H37NO11. The van der Waals surface area contributed by atoms with Gasteiger partial charge in [0, 0.05) is 12.0 Å². The fraction of sp³-hybridized carbons (Fsp3) is 0.581. The molecule has 0 unspecified atom stereocenters. The van der Waals surface area contributed by atoms with Crippen molar-refractivity contribution in [3.8, 4) is 11.5 Å². The van der Waals surface area contributed by atoms with Gasteiger partial charge in [-0.2, -0.15) is 0 Å². The number of ketones is 1. The van der Waals surface area contributed by atoms with Gasteiger partial charge in [0.05, 0.1) is 30.5 Å². The van der Waals surface area contributed by atoms with Crippen LogP contribution in [0.15, 0.2) is 24.0 Å². The summed E-state index contributed by atoms with van der Waals surface area (Å²) in [6, 6.07) is 2.65. The number of rotatable bonds is 11. The topological polar surface area (TPSA) is 175 Å². The van der Waals surface area contributed by atoms with Gasteiger partial charge in [0.25, 0.3) is 5.91 Å². The highest BCUT2D eigenvalue weighted by atomic mass is 16.6. The summed E-state index contributed by atoms with van der Waals surface area (Å²) in [4.78, 5) is 61.5. The lowest BCUT2D eigenvalue weighted by Crippen LogP contribution is -2.67. The molecule has 1 aromatic rings. The van der Waals surface area contributed by atoms with Crippen molar-refractivity contribution in [3.05, 3.63) is 35.1 Å². The van der Waals surface area contributed by atoms with E-state index in [1.807, 2.05) is 12.1 Å². The van der Waals surface area contributed by atoms with Gasteiger partial charge in [-0.25, -0.2) is 0 Å². The first-order valence-corrected chi connectivity index (χ1v) is 14.6. The number of esters is 2. The molecule has 0 radical (unpaired) electrons. The highest BCUT2D eigenvalue weighted by Crippen LogP contribution is 2.67. The molecule has 3 aliphatic carbocycles. The minimum atomic E-state index is -1.36. The minimum absolute atomic E-state index is 0.0140. The van der Waals surface area contributed by atoms with Crippen LogP contribution < -0.4 is 14.8 Å². The molecule has 1 saturated carbocycles. The van der Waals surface area contributed by atoms with Crippen molar-refractivity contribution in [1.82, 2.24) is 5.32 Å². The zero-order valence-electron chi connectivity index (χ0n) is 24.6. The van der Waals surface area contributed by atoms with Gasteiger partial charge in [0.2, 0.25) is 0 Å². The SMILES string of the molecule is COc1ccc2c3c1O[C@@H]1C(OC(=O)C[C@H](CC(C)=O)C(=O)O[C@@H](C)C(=O)N[C@@H](C)C(=O)O)=CC[C@]4(O)[C@@H](CCC[C@@]314)C2. The highest BCUT2D eigenvalue weighted by Gasteiger charge is 2.71. The van der Waals surface area contributed by atoms with Crippen LogP contribution in [-0.2, 0) is 45.3 Å². The van der Waals surface area contributed by atoms with E-state index in [2.05, 4.69) is 5.32 Å². The molecule has 232 valence electrons. The van der Waals surface area contributed by atoms with E-state index in [-0.39, 0.29) is 30.3 Å². The molecule has 5 rings (SSSR count). The number of carbonyl (C=O) groups is 5. The molecule has 1 fully saturated rings. The number of hydrogen-bond donors (Lipinski definition) is 3. The van der Waals surface area contributed by atoms with Gasteiger partial charge in [0.15, 0.2) is 23.7 Å². The predicted octanol–water partition coefficient (Wildman–Crippen LogP) is 2.12. The first-order valence-electron chi connectivity index (χ1n) is 14.6. The van der Waals surface area contributed by atoms with E-state index in [1.54, 1.807) is 13.2 Å². The highest BCUT2D eigenvalue weighted by molar-refractivity contribution is 5.90. The van der Waals surface area contributed by atoms with Crippen LogP contribution in [0, 0.1) is 11.8 Å². The number of aliphatic hydroxyl groups is 1. The van der Waals surface area contributed by atoms with Gasteiger partial charge < -0.3 is 39.3 Å². The van der Waals surface area contributed by atoms with Crippen LogP contribution in [0.2, 0.25) is 0 Å². The minimum Gasteiger partial charge on any atom is -0.493 e. The monoisotopic (exact) mass is 599 g/mol. The van der Waals surface area contributed by atoms with Crippen molar-refractivity contribution >= 4 is 29.6 Å². The molecule has 1 amide bonds. The van der Waals surface area contributed by atoms with Crippen molar-refractivity contribution in [1.29, 1.82) is 0 Å². The molecule has 1 heterocycles. The summed E-state index contributed by atoms with van der Waals surface area (Å²) in [5.41, 5.74) is 0.0670. The second-order valence-corrected chi connectivity index (χ2v) is 12.1. The smallest absolute Gasteiger partial charge is 0.325 e. The van der Waals surface area contributed by atoms with E-state index >= 15 is 0 Å². The first kappa shape index (κ1) is 30.5. The van der Waals surface area contributed by atoms with Crippen LogP contribution in [0.5, 0.6) is 11.5 Å². The molecule has 1 spiro atoms. The Morgan fingerprint density at radius 1 is 1.16 bits per heavy atom. The number of carbonyl (C=O) groups excluding carboxylic acids is 4. The van der Waals surface area contributed by atoms with Crippen molar-refractivity contribution in [3.63, 3.8) is 0 Å². The average molecular weight is 600 g/mol. The fourth-order valence-corrected chi connectivity index (χ4v) is 7.36. The zero-order chi connectivity index (χ0) is 31.3. The summed E-state index contributed by atoms with van der Waals surface area (Å²) >= 11 is 0. The Hall–Kier alpha value is -3.93. The fourth-order valence-electron chi connectivity index (χ4n) is 7.36. The first-order chi connectivity index (χ1) is 20.3. The molecule has 7 atom stereocenters. The van der Waals surface area contributed by atoms with Gasteiger partial charge in [-0.1, -0.05) is 12.5 Å². The molecule has 2 bridgehead atoms. The van der Waals surface area contributed by atoms with Gasteiger partial charge >= 0.3 is 17.9 Å². The van der Waals surface area contributed by atoms with Crippen molar-refractivity contribution in [2.75, 3.05) is 7.11 Å². The largest absolute Gasteiger partial charge is 0.493 e. The van der Waals surface area contributed by atoms with E-state index in [1.165, 1.54) is 20.8 Å². The van der Waals surface area contributed by atoms with Crippen molar-refractivity contribution in [2.45, 2.75) is 95.0 Å². The Morgan fingerprint density at radius 3 is 2.58 bits per heavy atom. The zero-order valence-corrected chi connectivity index (χ0v) is 24.6. The van der Waals surface area contributed by atoms with Crippen molar-refractivity contribution in [2.24, 2.45) is 11.8 Å². The van der Waals surface area contributed by atoms with Crippen LogP contribution >= 0.6 is 0 Å². The standard InChI is InChI=1S/C31H37NO11/c1-15(33)12-19(29(38)41-17(3)27(35)32-16(2)28(36)37)14-23(34)42-22-9-11-31(39)20-6-5-10-30(31)24-18(13-20)7-8-21(40-4)25(24)43-26(22)30/h7-9,16-17,19-20,26,39H,5-6,10-14H2,1-4H3,(H,32,35)(H,36,37)/t16-,17-,19-,20-,26+,30+,31-/m0/s1. The van der Waals surface area contributed by atoms with E-state index < -0.39 is 65.4 Å². The maximum atomic E-state index is 13.3. The lowest BCUT2D eigenvalue weighted by atomic mass is 9.47. The van der Waals surface area contributed by atoms with Gasteiger partial charge in [0.1, 0.15) is 17.6 Å². The molecule has 1 aliphatic heterocycles. The Morgan fingerprint density at radius 2 is 1.91 bits per heavy atom. The summed E-state index contributed by atoms with van der Waals surface area (Å²) in [6.45, 7) is 3.78. The molecule has 43 heavy (non-hydrogen) atoms. The number of nitrogens with one attached hydrogen (secondary N) is 1. The number of benzene rings is 1. The molecule has 12 nitrogen and oxygen atoms in total. The van der Waals surface area contributed by atoms with E-state index in [0.29, 0.717) is 24.3 Å². The summed E-state index contributed by atoms with van der Waals surface area (Å²) in [7, 11) is 1.54. The molecule has 3 N–H and O–H groups in total. The Bertz CT molecular complexity index is 1400. The van der Waals surface area contributed by atoms with E-state index in [0.717, 1.165) is 24.0 Å².